The molecular weight excluding hydrogens is 368 g/mol. The highest BCUT2D eigenvalue weighted by Crippen LogP contribution is 2.28. The molecule has 0 fully saturated rings. The van der Waals surface area contributed by atoms with E-state index < -0.39 is 45.8 Å². The molecule has 0 saturated heterocycles. The quantitative estimate of drug-likeness (QED) is 0.623. The zero-order valence-electron chi connectivity index (χ0n) is 13.8. The van der Waals surface area contributed by atoms with Crippen LogP contribution >= 0.6 is 0 Å². The molecule has 1 heterocycles. The fourth-order valence-corrected chi connectivity index (χ4v) is 5.12. The highest BCUT2D eigenvalue weighted by molar-refractivity contribution is 7.94. The molecule has 0 amide bonds. The smallest absolute Gasteiger partial charge is 0.208 e. The molecular formula is C10H22N4O6S3. The molecule has 23 heavy (non-hydrogen) atoms. The lowest BCUT2D eigenvalue weighted by atomic mass is 10.6. The summed E-state index contributed by atoms with van der Waals surface area (Å²) in [5.74, 6) is 0. The number of hydrogen-bond donors (Lipinski definition) is 0. The van der Waals surface area contributed by atoms with E-state index in [1.165, 1.54) is 41.5 Å². The van der Waals surface area contributed by atoms with E-state index in [-0.39, 0.29) is 9.05 Å². The van der Waals surface area contributed by atoms with E-state index in [4.69, 9.17) is 0 Å². The van der Waals surface area contributed by atoms with Crippen LogP contribution in [-0.4, -0.2) is 60.8 Å². The molecule has 0 aromatic rings. The predicted octanol–water partition coefficient (Wildman–Crippen LogP) is -0.106. The second-order valence-corrected chi connectivity index (χ2v) is 12.7. The molecule has 10 nitrogen and oxygen atoms in total. The van der Waals surface area contributed by atoms with Crippen LogP contribution in [0.4, 0.5) is 0 Å². The summed E-state index contributed by atoms with van der Waals surface area (Å²) in [5, 5.41) is 0.480. The van der Waals surface area contributed by atoms with Gasteiger partial charge >= 0.3 is 0 Å². The molecule has 0 atom stereocenters. The van der Waals surface area contributed by atoms with E-state index in [2.05, 4.69) is 5.10 Å². The summed E-state index contributed by atoms with van der Waals surface area (Å²) in [6.07, 6.45) is 0.676. The normalized spacial score (nSPS) is 18.0. The van der Waals surface area contributed by atoms with Gasteiger partial charge < -0.3 is 0 Å². The fourth-order valence-electron chi connectivity index (χ4n) is 1.38. The van der Waals surface area contributed by atoms with Gasteiger partial charge in [0, 0.05) is 4.52 Å². The average Bonchev–Trinajstić information content (AvgIpc) is 2.84. The summed E-state index contributed by atoms with van der Waals surface area (Å²) in [5.41, 5.74) is 0. The van der Waals surface area contributed by atoms with Crippen LogP contribution in [0.5, 0.6) is 0 Å². The average molecular weight is 391 g/mol. The van der Waals surface area contributed by atoms with Gasteiger partial charge in [0.25, 0.3) is 30.1 Å². The van der Waals surface area contributed by atoms with Crippen LogP contribution in [0.2, 0.25) is 0 Å². The summed E-state index contributed by atoms with van der Waals surface area (Å²) in [6, 6.07) is 0. The van der Waals surface area contributed by atoms with Crippen molar-refractivity contribution < 1.29 is 25.3 Å². The van der Waals surface area contributed by atoms with Gasteiger partial charge in [0.2, 0.25) is 0 Å². The maximum absolute atomic E-state index is 12.5. The molecule has 0 aliphatic carbocycles. The van der Waals surface area contributed by atoms with Gasteiger partial charge in [-0.25, -0.2) is 25.3 Å². The van der Waals surface area contributed by atoms with Gasteiger partial charge in [0.05, 0.1) is 15.7 Å². The van der Waals surface area contributed by atoms with Crippen LogP contribution in [-0.2, 0) is 30.1 Å². The summed E-state index contributed by atoms with van der Waals surface area (Å²) >= 11 is 0. The Morgan fingerprint density at radius 1 is 0.696 bits per heavy atom. The van der Waals surface area contributed by atoms with E-state index in [1.807, 2.05) is 0 Å². The van der Waals surface area contributed by atoms with Gasteiger partial charge in [-0.05, 0) is 41.5 Å². The first kappa shape index (κ1) is 20.1. The Morgan fingerprint density at radius 3 is 1.43 bits per heavy atom. The summed E-state index contributed by atoms with van der Waals surface area (Å²) in [4.78, 5) is 0. The molecule has 13 heteroatoms. The van der Waals surface area contributed by atoms with Crippen molar-refractivity contribution in [1.82, 2.24) is 13.5 Å². The van der Waals surface area contributed by atoms with Crippen molar-refractivity contribution in [3.05, 3.63) is 0 Å². The first-order valence-corrected chi connectivity index (χ1v) is 11.3. The van der Waals surface area contributed by atoms with E-state index in [1.54, 1.807) is 0 Å². The van der Waals surface area contributed by atoms with Crippen molar-refractivity contribution in [3.63, 3.8) is 0 Å². The predicted molar refractivity (Wildman–Crippen MR) is 86.2 cm³/mol. The number of nitrogens with zero attached hydrogens (tertiary/aromatic N) is 4. The van der Waals surface area contributed by atoms with Crippen LogP contribution in [0.1, 0.15) is 41.5 Å². The van der Waals surface area contributed by atoms with Crippen LogP contribution in [0.25, 0.3) is 0 Å². The number of hydrazine groups is 2. The van der Waals surface area contributed by atoms with Crippen molar-refractivity contribution in [3.8, 4) is 0 Å². The van der Waals surface area contributed by atoms with Gasteiger partial charge in [-0.1, -0.05) is 4.52 Å². The van der Waals surface area contributed by atoms with Crippen LogP contribution in [0.15, 0.2) is 5.10 Å². The molecule has 0 N–H and O–H groups in total. The second kappa shape index (κ2) is 6.18. The lowest BCUT2D eigenvalue weighted by Crippen LogP contribution is -2.56. The number of hydrogen-bond acceptors (Lipinski definition) is 7. The Bertz CT molecular complexity index is 734. The van der Waals surface area contributed by atoms with Gasteiger partial charge in [-0.3, -0.25) is 0 Å². The molecule has 1 rings (SSSR count). The highest BCUT2D eigenvalue weighted by atomic mass is 32.2. The molecule has 0 unspecified atom stereocenters. The Morgan fingerprint density at radius 2 is 1.09 bits per heavy atom. The molecule has 1 aliphatic rings. The van der Waals surface area contributed by atoms with Gasteiger partial charge in [0.1, 0.15) is 6.34 Å². The third-order valence-electron chi connectivity index (χ3n) is 3.07. The minimum absolute atomic E-state index is 0.197. The third-order valence-corrected chi connectivity index (χ3v) is 9.11. The molecule has 136 valence electrons. The molecule has 0 saturated carbocycles. The van der Waals surface area contributed by atoms with Crippen molar-refractivity contribution in [2.75, 3.05) is 0 Å². The van der Waals surface area contributed by atoms with Crippen LogP contribution in [0.3, 0.4) is 0 Å². The number of hydrazone groups is 1. The molecule has 0 aromatic carbocycles. The van der Waals surface area contributed by atoms with Gasteiger partial charge in [-0.15, -0.1) is 5.10 Å². The molecule has 0 bridgehead atoms. The second-order valence-electron chi connectivity index (χ2n) is 5.73. The van der Waals surface area contributed by atoms with Gasteiger partial charge in [0.15, 0.2) is 0 Å². The number of rotatable bonds is 6. The lowest BCUT2D eigenvalue weighted by Gasteiger charge is -2.33. The fraction of sp³-hybridized carbons (Fsp3) is 0.900. The largest absolute Gasteiger partial charge is 0.268 e. The summed E-state index contributed by atoms with van der Waals surface area (Å²) in [7, 11) is -12.6. The van der Waals surface area contributed by atoms with Crippen molar-refractivity contribution in [1.29, 1.82) is 0 Å². The third kappa shape index (κ3) is 3.32. The maximum atomic E-state index is 12.5. The van der Waals surface area contributed by atoms with Crippen molar-refractivity contribution in [2.45, 2.75) is 57.3 Å². The van der Waals surface area contributed by atoms with Crippen LogP contribution in [0, 0.1) is 0 Å². The highest BCUT2D eigenvalue weighted by Gasteiger charge is 2.49. The first-order valence-electron chi connectivity index (χ1n) is 6.84. The minimum atomic E-state index is -4.31. The SMILES string of the molecule is CC(C)S(=O)(=O)N1C=NN(S(=O)(=O)C(C)C)N1S(=O)(=O)C(C)C. The topological polar surface area (TPSA) is 124 Å². The standard InChI is InChI=1S/C10H22N4O6S3/c1-8(2)21(15,16)12-7-11-13(22(17,18)9(3)4)14(12)23(19,20)10(5)6/h7-10H,1-6H3. The van der Waals surface area contributed by atoms with E-state index in [0.29, 0.717) is 10.8 Å². The van der Waals surface area contributed by atoms with E-state index >= 15 is 0 Å². The Labute approximate surface area is 137 Å². The zero-order valence-corrected chi connectivity index (χ0v) is 16.2. The molecule has 0 aromatic heterocycles. The molecule has 0 radical (unpaired) electrons. The lowest BCUT2D eigenvalue weighted by molar-refractivity contribution is 0.0905. The van der Waals surface area contributed by atoms with Crippen molar-refractivity contribution >= 4 is 36.4 Å². The first-order chi connectivity index (χ1) is 10.2. The monoisotopic (exact) mass is 390 g/mol. The van der Waals surface area contributed by atoms with E-state index in [0.717, 1.165) is 0 Å². The van der Waals surface area contributed by atoms with Crippen LogP contribution < -0.4 is 0 Å². The molecule has 1 aliphatic heterocycles. The zero-order chi connectivity index (χ0) is 18.4. The Balaban J connectivity index is 3.60. The Kier molecular flexibility index (Phi) is 5.41. The van der Waals surface area contributed by atoms with Crippen molar-refractivity contribution in [2.24, 2.45) is 5.10 Å². The maximum Gasteiger partial charge on any atom is 0.268 e. The van der Waals surface area contributed by atoms with E-state index in [9.17, 15) is 25.3 Å². The molecule has 0 spiro atoms. The van der Waals surface area contributed by atoms with Gasteiger partial charge in [-0.2, -0.15) is 4.41 Å². The minimum Gasteiger partial charge on any atom is -0.208 e. The summed E-state index contributed by atoms with van der Waals surface area (Å²) < 4.78 is 75.2. The summed E-state index contributed by atoms with van der Waals surface area (Å²) in [6.45, 7) is 8.00. The number of sulfonamides is 3. The Hall–Kier alpha value is -0.920.